The molecule has 0 radical (unpaired) electrons. The molecule has 0 bridgehead atoms. The molecule has 0 spiro atoms. The van der Waals surface area contributed by atoms with Gasteiger partial charge in [-0.1, -0.05) is 0 Å². The highest BCUT2D eigenvalue weighted by Gasteiger charge is 2.11. The lowest BCUT2D eigenvalue weighted by Crippen LogP contribution is -2.04. The maximum atomic E-state index is 9.01. The summed E-state index contributed by atoms with van der Waals surface area (Å²) < 4.78 is 2.36. The number of hydrogen-bond donors (Lipinski definition) is 2. The van der Waals surface area contributed by atoms with Crippen LogP contribution in [-0.4, -0.2) is 19.5 Å². The minimum Gasteiger partial charge on any atom is -0.391 e. The lowest BCUT2D eigenvalue weighted by Gasteiger charge is -2.05. The van der Waals surface area contributed by atoms with Crippen molar-refractivity contribution in [2.24, 2.45) is 0 Å². The third kappa shape index (κ3) is 1.18. The molecule has 0 aliphatic carbocycles. The lowest BCUT2D eigenvalue weighted by molar-refractivity contribution is 0.281. The summed E-state index contributed by atoms with van der Waals surface area (Å²) >= 11 is 3.29. The van der Waals surface area contributed by atoms with Crippen molar-refractivity contribution in [3.8, 4) is 0 Å². The zero-order valence-electron chi connectivity index (χ0n) is 7.53. The van der Waals surface area contributed by atoms with Crippen LogP contribution in [0.5, 0.6) is 0 Å². The molecule has 2 heterocycles. The van der Waals surface area contributed by atoms with Gasteiger partial charge in [-0.25, -0.2) is 9.97 Å². The highest BCUT2D eigenvalue weighted by molar-refractivity contribution is 9.10. The molecule has 0 amide bonds. The Kier molecular flexibility index (Phi) is 2.16. The van der Waals surface area contributed by atoms with Crippen LogP contribution in [0.2, 0.25) is 0 Å². The summed E-state index contributed by atoms with van der Waals surface area (Å²) in [6.45, 7) is 1.71. The van der Waals surface area contributed by atoms with Crippen LogP contribution in [0.4, 0.5) is 5.82 Å². The average molecular weight is 257 g/mol. The molecule has 0 atom stereocenters. The Balaban J connectivity index is 2.87. The van der Waals surface area contributed by atoms with Gasteiger partial charge in [0.1, 0.15) is 11.6 Å². The first-order valence-electron chi connectivity index (χ1n) is 4.04. The zero-order valence-corrected chi connectivity index (χ0v) is 9.11. The topological polar surface area (TPSA) is 76.4 Å². The van der Waals surface area contributed by atoms with Gasteiger partial charge in [0.25, 0.3) is 0 Å². The van der Waals surface area contributed by atoms with Crippen molar-refractivity contribution in [2.75, 3.05) is 5.73 Å². The van der Waals surface area contributed by atoms with Gasteiger partial charge in [-0.05, 0) is 22.9 Å². The predicted molar refractivity (Wildman–Crippen MR) is 55.8 cm³/mol. The van der Waals surface area contributed by atoms with Crippen LogP contribution in [0.15, 0.2) is 10.8 Å². The second kappa shape index (κ2) is 3.21. The Morgan fingerprint density at radius 2 is 2.36 bits per heavy atom. The van der Waals surface area contributed by atoms with Crippen LogP contribution in [0, 0.1) is 6.92 Å². The fourth-order valence-corrected chi connectivity index (χ4v) is 1.89. The fourth-order valence-electron chi connectivity index (χ4n) is 1.36. The molecule has 6 heteroatoms. The van der Waals surface area contributed by atoms with Crippen LogP contribution in [-0.2, 0) is 6.61 Å². The van der Waals surface area contributed by atoms with Crippen molar-refractivity contribution in [1.29, 1.82) is 0 Å². The summed E-state index contributed by atoms with van der Waals surface area (Å²) in [4.78, 5) is 8.33. The number of rotatable bonds is 1. The first-order chi connectivity index (χ1) is 6.65. The molecule has 2 aromatic rings. The van der Waals surface area contributed by atoms with E-state index < -0.39 is 0 Å². The SMILES string of the molecule is Cc1nc(Br)c2ncc(CO)c(N)n12. The van der Waals surface area contributed by atoms with E-state index in [0.29, 0.717) is 21.6 Å². The highest BCUT2D eigenvalue weighted by atomic mass is 79.9. The van der Waals surface area contributed by atoms with Crippen molar-refractivity contribution in [3.63, 3.8) is 0 Å². The maximum absolute atomic E-state index is 9.01. The largest absolute Gasteiger partial charge is 0.391 e. The summed E-state index contributed by atoms with van der Waals surface area (Å²) in [5.41, 5.74) is 7.11. The number of nitrogens with zero attached hydrogens (tertiary/aromatic N) is 3. The molecule has 0 aliphatic heterocycles. The molecule has 0 aliphatic rings. The van der Waals surface area contributed by atoms with Crippen molar-refractivity contribution >= 4 is 27.4 Å². The lowest BCUT2D eigenvalue weighted by atomic mass is 10.3. The number of nitrogens with two attached hydrogens (primary N) is 1. The molecule has 0 unspecified atom stereocenters. The monoisotopic (exact) mass is 256 g/mol. The number of aliphatic hydroxyl groups excluding tert-OH is 1. The van der Waals surface area contributed by atoms with Crippen molar-refractivity contribution in [3.05, 3.63) is 22.2 Å². The number of halogens is 1. The summed E-state index contributed by atoms with van der Waals surface area (Å²) in [5, 5.41) is 9.01. The second-order valence-corrected chi connectivity index (χ2v) is 3.69. The van der Waals surface area contributed by atoms with Crippen LogP contribution in [0.3, 0.4) is 0 Å². The van der Waals surface area contributed by atoms with E-state index in [-0.39, 0.29) is 6.61 Å². The molecule has 0 aromatic carbocycles. The van der Waals surface area contributed by atoms with Gasteiger partial charge in [0.05, 0.1) is 6.61 Å². The molecule has 3 N–H and O–H groups in total. The molecule has 14 heavy (non-hydrogen) atoms. The van der Waals surface area contributed by atoms with E-state index in [2.05, 4.69) is 25.9 Å². The predicted octanol–water partition coefficient (Wildman–Crippen LogP) is 0.875. The van der Waals surface area contributed by atoms with Gasteiger partial charge in [-0.2, -0.15) is 0 Å². The van der Waals surface area contributed by atoms with Crippen LogP contribution >= 0.6 is 15.9 Å². The Morgan fingerprint density at radius 1 is 1.64 bits per heavy atom. The summed E-state index contributed by atoms with van der Waals surface area (Å²) in [6, 6.07) is 0. The molecule has 0 saturated heterocycles. The first kappa shape index (κ1) is 9.42. The van der Waals surface area contributed by atoms with Gasteiger partial charge in [0.15, 0.2) is 10.3 Å². The third-order valence-electron chi connectivity index (χ3n) is 2.06. The van der Waals surface area contributed by atoms with E-state index in [1.165, 1.54) is 0 Å². The van der Waals surface area contributed by atoms with Gasteiger partial charge >= 0.3 is 0 Å². The molecule has 5 nitrogen and oxygen atoms in total. The highest BCUT2D eigenvalue weighted by Crippen LogP contribution is 2.21. The molecule has 2 aromatic heterocycles. The molecule has 0 fully saturated rings. The maximum Gasteiger partial charge on any atom is 0.173 e. The Labute approximate surface area is 88.7 Å². The minimum atomic E-state index is -0.121. The Bertz CT molecular complexity index is 494. The van der Waals surface area contributed by atoms with E-state index >= 15 is 0 Å². The number of aliphatic hydroxyl groups is 1. The first-order valence-corrected chi connectivity index (χ1v) is 4.83. The Morgan fingerprint density at radius 3 is 3.00 bits per heavy atom. The van der Waals surface area contributed by atoms with Crippen molar-refractivity contribution in [1.82, 2.24) is 14.4 Å². The average Bonchev–Trinajstić information content (AvgIpc) is 2.44. The smallest absolute Gasteiger partial charge is 0.173 e. The quantitative estimate of drug-likeness (QED) is 0.794. The normalized spacial score (nSPS) is 11.1. The standard InChI is InChI=1S/C8H9BrN4O/c1-4-12-6(9)8-11-2-5(3-14)7(10)13(4)8/h2,14H,3,10H2,1H3. The summed E-state index contributed by atoms with van der Waals surface area (Å²) in [7, 11) is 0. The molecular weight excluding hydrogens is 248 g/mol. The number of aromatic nitrogens is 3. The van der Waals surface area contributed by atoms with Gasteiger partial charge in [-0.3, -0.25) is 4.40 Å². The van der Waals surface area contributed by atoms with Crippen LogP contribution in [0.1, 0.15) is 11.4 Å². The van der Waals surface area contributed by atoms with Gasteiger partial charge in [0, 0.05) is 11.8 Å². The molecular formula is C8H9BrN4O. The second-order valence-electron chi connectivity index (χ2n) is 2.94. The molecule has 74 valence electrons. The number of fused-ring (bicyclic) bond motifs is 1. The van der Waals surface area contributed by atoms with E-state index in [1.54, 1.807) is 10.6 Å². The third-order valence-corrected chi connectivity index (χ3v) is 2.59. The number of aryl methyl sites for hydroxylation is 1. The van der Waals surface area contributed by atoms with Crippen molar-refractivity contribution in [2.45, 2.75) is 13.5 Å². The van der Waals surface area contributed by atoms with E-state index in [9.17, 15) is 0 Å². The number of imidazole rings is 1. The molecule has 0 saturated carbocycles. The van der Waals surface area contributed by atoms with E-state index in [4.69, 9.17) is 10.8 Å². The Hall–Kier alpha value is -1.14. The summed E-state index contributed by atoms with van der Waals surface area (Å²) in [6.07, 6.45) is 1.55. The zero-order chi connectivity index (χ0) is 10.3. The van der Waals surface area contributed by atoms with E-state index in [1.807, 2.05) is 6.92 Å². The number of hydrogen-bond acceptors (Lipinski definition) is 4. The van der Waals surface area contributed by atoms with Gasteiger partial charge < -0.3 is 10.8 Å². The van der Waals surface area contributed by atoms with Gasteiger partial charge in [0.2, 0.25) is 0 Å². The fraction of sp³-hybridized carbons (Fsp3) is 0.250. The van der Waals surface area contributed by atoms with Crippen LogP contribution in [0.25, 0.3) is 5.65 Å². The van der Waals surface area contributed by atoms with Gasteiger partial charge in [-0.15, -0.1) is 0 Å². The number of anilines is 1. The van der Waals surface area contributed by atoms with Crippen molar-refractivity contribution < 1.29 is 5.11 Å². The van der Waals surface area contributed by atoms with E-state index in [0.717, 1.165) is 5.82 Å². The minimum absolute atomic E-state index is 0.121. The number of nitrogen functional groups attached to an aromatic ring is 1. The summed E-state index contributed by atoms with van der Waals surface area (Å²) in [5.74, 6) is 1.22. The molecule has 2 rings (SSSR count). The van der Waals surface area contributed by atoms with Crippen LogP contribution < -0.4 is 5.73 Å².